The lowest BCUT2D eigenvalue weighted by atomic mass is 10.1. The number of nitrogens with zero attached hydrogens (tertiary/aromatic N) is 3. The molecule has 0 spiro atoms. The third-order valence-corrected chi connectivity index (χ3v) is 3.12. The summed E-state index contributed by atoms with van der Waals surface area (Å²) in [6.07, 6.45) is 1.69. The Bertz CT molecular complexity index is 736. The van der Waals surface area contributed by atoms with Crippen LogP contribution in [0.1, 0.15) is 0 Å². The maximum atomic E-state index is 13.2. The highest BCUT2D eigenvalue weighted by molar-refractivity contribution is 6.35. The molecule has 0 bridgehead atoms. The van der Waals surface area contributed by atoms with Gasteiger partial charge in [-0.15, -0.1) is 0 Å². The monoisotopic (exact) mass is 261 g/mol. The minimum Gasteiger partial charge on any atom is -0.266 e. The van der Waals surface area contributed by atoms with Gasteiger partial charge in [0.2, 0.25) is 0 Å². The van der Waals surface area contributed by atoms with Gasteiger partial charge in [0.25, 0.3) is 0 Å². The first-order chi connectivity index (χ1) is 8.65. The van der Waals surface area contributed by atoms with Gasteiger partial charge in [0.1, 0.15) is 5.82 Å². The van der Waals surface area contributed by atoms with Gasteiger partial charge >= 0.3 is 0 Å². The second-order valence-electron chi connectivity index (χ2n) is 3.99. The van der Waals surface area contributed by atoms with Gasteiger partial charge in [-0.2, -0.15) is 5.10 Å². The topological polar surface area (TPSA) is 30.7 Å². The Morgan fingerprint density at radius 2 is 2.06 bits per heavy atom. The van der Waals surface area contributed by atoms with Crippen LogP contribution in [-0.2, 0) is 7.05 Å². The molecule has 2 heterocycles. The highest BCUT2D eigenvalue weighted by Crippen LogP contribution is 2.28. The van der Waals surface area contributed by atoms with Crippen LogP contribution in [-0.4, -0.2) is 14.8 Å². The van der Waals surface area contributed by atoms with E-state index in [4.69, 9.17) is 11.6 Å². The van der Waals surface area contributed by atoms with E-state index in [9.17, 15) is 4.39 Å². The van der Waals surface area contributed by atoms with Gasteiger partial charge in [0.05, 0.1) is 21.9 Å². The molecule has 0 unspecified atom stereocenters. The molecule has 0 radical (unpaired) electrons. The molecular weight excluding hydrogens is 253 g/mol. The fourth-order valence-electron chi connectivity index (χ4n) is 1.91. The zero-order chi connectivity index (χ0) is 12.7. The van der Waals surface area contributed by atoms with E-state index in [-0.39, 0.29) is 5.82 Å². The first-order valence-corrected chi connectivity index (χ1v) is 5.77. The molecule has 1 aromatic carbocycles. The molecule has 3 nitrogen and oxygen atoms in total. The number of benzene rings is 1. The summed E-state index contributed by atoms with van der Waals surface area (Å²) in [5.41, 5.74) is 2.25. The van der Waals surface area contributed by atoms with E-state index >= 15 is 0 Å². The van der Waals surface area contributed by atoms with Crippen LogP contribution in [0.25, 0.3) is 22.3 Å². The van der Waals surface area contributed by atoms with Crippen molar-refractivity contribution in [1.82, 2.24) is 14.8 Å². The summed E-state index contributed by atoms with van der Waals surface area (Å²) in [4.78, 5) is 4.47. The average molecular weight is 262 g/mol. The minimum atomic E-state index is -0.320. The molecule has 2 aromatic heterocycles. The van der Waals surface area contributed by atoms with E-state index in [2.05, 4.69) is 10.1 Å². The smallest absolute Gasteiger partial charge is 0.124 e. The summed E-state index contributed by atoms with van der Waals surface area (Å²) in [6.45, 7) is 0. The number of rotatable bonds is 1. The van der Waals surface area contributed by atoms with Crippen LogP contribution in [0, 0.1) is 5.82 Å². The Kier molecular flexibility index (Phi) is 2.52. The van der Waals surface area contributed by atoms with E-state index in [1.807, 2.05) is 13.1 Å². The van der Waals surface area contributed by atoms with Crippen molar-refractivity contribution >= 4 is 22.5 Å². The number of aryl methyl sites for hydroxylation is 1. The number of pyridine rings is 1. The Morgan fingerprint density at radius 1 is 1.22 bits per heavy atom. The Labute approximate surface area is 108 Å². The zero-order valence-corrected chi connectivity index (χ0v) is 10.3. The lowest BCUT2D eigenvalue weighted by Crippen LogP contribution is -1.96. The lowest BCUT2D eigenvalue weighted by Gasteiger charge is -2.05. The van der Waals surface area contributed by atoms with Crippen molar-refractivity contribution in [1.29, 1.82) is 0 Å². The van der Waals surface area contributed by atoms with Crippen molar-refractivity contribution in [2.24, 2.45) is 7.05 Å². The normalized spacial score (nSPS) is 11.1. The predicted molar refractivity (Wildman–Crippen MR) is 68.9 cm³/mol. The van der Waals surface area contributed by atoms with Gasteiger partial charge in [-0.3, -0.25) is 4.68 Å². The molecule has 0 atom stereocenters. The zero-order valence-electron chi connectivity index (χ0n) is 9.56. The molecule has 0 aliphatic rings. The molecule has 0 fully saturated rings. The highest BCUT2D eigenvalue weighted by atomic mass is 35.5. The Morgan fingerprint density at radius 3 is 2.78 bits per heavy atom. The second kappa shape index (κ2) is 4.07. The van der Waals surface area contributed by atoms with Crippen molar-refractivity contribution in [3.05, 3.63) is 47.4 Å². The maximum absolute atomic E-state index is 13.2. The molecule has 0 saturated carbocycles. The maximum Gasteiger partial charge on any atom is 0.124 e. The first-order valence-electron chi connectivity index (χ1n) is 5.39. The summed E-state index contributed by atoms with van der Waals surface area (Å²) in [5.74, 6) is -0.320. The summed E-state index contributed by atoms with van der Waals surface area (Å²) in [5, 5.41) is 5.19. The molecule has 5 heteroatoms. The summed E-state index contributed by atoms with van der Waals surface area (Å²) < 4.78 is 14.9. The third-order valence-electron chi connectivity index (χ3n) is 2.80. The molecule has 0 N–H and O–H groups in total. The number of halogens is 2. The summed E-state index contributed by atoms with van der Waals surface area (Å²) >= 11 is 6.17. The van der Waals surface area contributed by atoms with Crippen LogP contribution in [0.4, 0.5) is 4.39 Å². The van der Waals surface area contributed by atoms with Crippen molar-refractivity contribution < 1.29 is 4.39 Å². The number of aromatic nitrogens is 3. The molecule has 0 aliphatic carbocycles. The minimum absolute atomic E-state index is 0.320. The van der Waals surface area contributed by atoms with Crippen LogP contribution in [0.3, 0.4) is 0 Å². The summed E-state index contributed by atoms with van der Waals surface area (Å²) in [7, 11) is 1.83. The fourth-order valence-corrected chi connectivity index (χ4v) is 2.17. The van der Waals surface area contributed by atoms with E-state index < -0.39 is 0 Å². The van der Waals surface area contributed by atoms with Crippen molar-refractivity contribution in [3.63, 3.8) is 0 Å². The Hall–Kier alpha value is -1.94. The second-order valence-corrected chi connectivity index (χ2v) is 4.40. The number of hydrogen-bond acceptors (Lipinski definition) is 2. The van der Waals surface area contributed by atoms with Gasteiger partial charge in [-0.25, -0.2) is 9.37 Å². The molecule has 0 saturated heterocycles. The molecule has 3 rings (SSSR count). The fraction of sp³-hybridized carbons (Fsp3) is 0.0769. The number of hydrogen-bond donors (Lipinski definition) is 0. The first kappa shape index (κ1) is 11.2. The van der Waals surface area contributed by atoms with Gasteiger partial charge in [-0.1, -0.05) is 11.6 Å². The van der Waals surface area contributed by atoms with Crippen LogP contribution in [0.5, 0.6) is 0 Å². The van der Waals surface area contributed by atoms with E-state index in [0.29, 0.717) is 15.9 Å². The van der Waals surface area contributed by atoms with Crippen LogP contribution >= 0.6 is 11.6 Å². The van der Waals surface area contributed by atoms with E-state index in [1.165, 1.54) is 12.1 Å². The molecule has 0 aliphatic heterocycles. The standard InChI is InChI=1S/C13H9ClFN3/c1-18-13(4-5-16-18)12-7-10(14)9-6-8(15)2-3-11(9)17-12/h2-7H,1H3. The SMILES string of the molecule is Cn1nccc1-c1cc(Cl)c2cc(F)ccc2n1. The molecule has 3 aromatic rings. The third kappa shape index (κ3) is 1.75. The summed E-state index contributed by atoms with van der Waals surface area (Å²) in [6, 6.07) is 7.96. The highest BCUT2D eigenvalue weighted by Gasteiger charge is 2.09. The van der Waals surface area contributed by atoms with Crippen LogP contribution in [0.15, 0.2) is 36.5 Å². The van der Waals surface area contributed by atoms with Crippen molar-refractivity contribution in [3.8, 4) is 11.4 Å². The molecule has 0 amide bonds. The van der Waals surface area contributed by atoms with E-state index in [1.54, 1.807) is 23.0 Å². The predicted octanol–water partition coefficient (Wildman–Crippen LogP) is 3.43. The average Bonchev–Trinajstić information content (AvgIpc) is 2.76. The van der Waals surface area contributed by atoms with Gasteiger partial charge in [-0.05, 0) is 30.3 Å². The largest absolute Gasteiger partial charge is 0.266 e. The lowest BCUT2D eigenvalue weighted by molar-refractivity contribution is 0.629. The van der Waals surface area contributed by atoms with Crippen molar-refractivity contribution in [2.45, 2.75) is 0 Å². The van der Waals surface area contributed by atoms with Crippen molar-refractivity contribution in [2.75, 3.05) is 0 Å². The Balaban J connectivity index is 2.28. The van der Waals surface area contributed by atoms with Crippen LogP contribution in [0.2, 0.25) is 5.02 Å². The van der Waals surface area contributed by atoms with Gasteiger partial charge in [0.15, 0.2) is 0 Å². The van der Waals surface area contributed by atoms with E-state index in [0.717, 1.165) is 11.4 Å². The quantitative estimate of drug-likeness (QED) is 0.672. The number of fused-ring (bicyclic) bond motifs is 1. The molecular formula is C13H9ClFN3. The van der Waals surface area contributed by atoms with Gasteiger partial charge in [0, 0.05) is 18.6 Å². The molecule has 90 valence electrons. The van der Waals surface area contributed by atoms with Gasteiger partial charge < -0.3 is 0 Å². The van der Waals surface area contributed by atoms with Crippen LogP contribution < -0.4 is 0 Å². The molecule has 18 heavy (non-hydrogen) atoms.